The van der Waals surface area contributed by atoms with E-state index in [2.05, 4.69) is 133 Å². The first-order valence-electron chi connectivity index (χ1n) is 21.2. The van der Waals surface area contributed by atoms with Crippen LogP contribution in [0.2, 0.25) is 0 Å². The molecule has 0 bridgehead atoms. The van der Waals surface area contributed by atoms with Gasteiger partial charge in [-0.3, -0.25) is 0 Å². The molecule has 2 fully saturated rings. The van der Waals surface area contributed by atoms with Crippen LogP contribution in [0.5, 0.6) is 0 Å². The number of carbonyl (C=O) groups excluding carboxylic acids is 2. The van der Waals surface area contributed by atoms with E-state index in [1.54, 1.807) is 0 Å². The molecule has 0 unspecified atom stereocenters. The molecular formula is C52H52N4O4. The van der Waals surface area contributed by atoms with E-state index in [0.717, 1.165) is 24.0 Å². The Bertz CT molecular complexity index is 2210. The van der Waals surface area contributed by atoms with Crippen molar-refractivity contribution in [2.45, 2.75) is 50.2 Å². The molecule has 8 heteroatoms. The van der Waals surface area contributed by atoms with Crippen LogP contribution in [0.1, 0.15) is 70.4 Å². The molecule has 0 aromatic heterocycles. The van der Waals surface area contributed by atoms with Crippen LogP contribution in [-0.2, 0) is 22.7 Å². The van der Waals surface area contributed by atoms with Crippen molar-refractivity contribution in [3.8, 4) is 0 Å². The summed E-state index contributed by atoms with van der Waals surface area (Å²) in [6.45, 7) is 2.04. The fraction of sp³-hybridized carbons (Fsp3) is 0.269. The van der Waals surface area contributed by atoms with Crippen LogP contribution < -0.4 is 9.80 Å². The van der Waals surface area contributed by atoms with E-state index in [1.165, 1.54) is 33.6 Å². The van der Waals surface area contributed by atoms with Crippen LogP contribution in [0.3, 0.4) is 0 Å². The number of amides is 2. The SMILES string of the molecule is CN1c2ccccc2[C@@H]2[C@@H](CCN2C(=O)OCc2ccccc2)[C@H]1c1ccccc1.CN1c2ccccc2[C@H]2[C@H](CCN2C(=O)OCc2ccccc2)[C@@H]1c1ccccc1. The van der Waals surface area contributed by atoms with Gasteiger partial charge in [0.1, 0.15) is 13.2 Å². The Morgan fingerprint density at radius 3 is 1.17 bits per heavy atom. The van der Waals surface area contributed by atoms with Crippen molar-refractivity contribution in [2.24, 2.45) is 11.8 Å². The van der Waals surface area contributed by atoms with Crippen LogP contribution >= 0.6 is 0 Å². The standard InChI is InChI=1S/2C26H26N2O2/c2*1-27-23-15-9-8-14-21(23)25-22(24(27)20-12-6-3-7-13-20)16-17-28(25)26(29)30-18-19-10-4-2-5-11-19/h2*2-15,22,24-25H,16-18H2,1H3/t2*22-,24+,25+/m10/s1. The number of nitrogens with zero attached hydrogens (tertiary/aromatic N) is 4. The van der Waals surface area contributed by atoms with Crippen LogP contribution in [0.25, 0.3) is 0 Å². The number of carbonyl (C=O) groups is 2. The maximum absolute atomic E-state index is 13.1. The summed E-state index contributed by atoms with van der Waals surface area (Å²) in [5, 5.41) is 0. The molecule has 4 aliphatic rings. The summed E-state index contributed by atoms with van der Waals surface area (Å²) in [6.07, 6.45) is 1.47. The van der Waals surface area contributed by atoms with Gasteiger partial charge in [-0.05, 0) is 58.4 Å². The molecule has 0 saturated carbocycles. The highest BCUT2D eigenvalue weighted by Gasteiger charge is 2.50. The molecule has 6 aromatic carbocycles. The van der Waals surface area contributed by atoms with Crippen molar-refractivity contribution in [2.75, 3.05) is 37.0 Å². The molecule has 4 aliphatic heterocycles. The Kier molecular flexibility index (Phi) is 11.3. The molecule has 6 atom stereocenters. The van der Waals surface area contributed by atoms with Gasteiger partial charge in [0.2, 0.25) is 0 Å². The second-order valence-corrected chi connectivity index (χ2v) is 16.3. The van der Waals surface area contributed by atoms with Crippen LogP contribution in [0.4, 0.5) is 21.0 Å². The third-order valence-electron chi connectivity index (χ3n) is 13.0. The van der Waals surface area contributed by atoms with Crippen molar-refractivity contribution >= 4 is 23.6 Å². The number of ether oxygens (including phenoxy) is 2. The van der Waals surface area contributed by atoms with Crippen molar-refractivity contribution in [1.29, 1.82) is 0 Å². The maximum atomic E-state index is 13.1. The molecule has 2 amide bonds. The minimum Gasteiger partial charge on any atom is -0.445 e. The second kappa shape index (κ2) is 17.4. The summed E-state index contributed by atoms with van der Waals surface area (Å²) in [7, 11) is 4.34. The molecule has 0 aliphatic carbocycles. The lowest BCUT2D eigenvalue weighted by atomic mass is 9.79. The molecule has 304 valence electrons. The molecule has 2 saturated heterocycles. The van der Waals surface area contributed by atoms with Crippen LogP contribution in [0, 0.1) is 11.8 Å². The van der Waals surface area contributed by atoms with Gasteiger partial charge < -0.3 is 29.1 Å². The summed E-state index contributed by atoms with van der Waals surface area (Å²) in [5.41, 5.74) is 9.41. The number of benzene rings is 6. The summed E-state index contributed by atoms with van der Waals surface area (Å²) >= 11 is 0. The van der Waals surface area contributed by atoms with Crippen molar-refractivity contribution < 1.29 is 19.1 Å². The van der Waals surface area contributed by atoms with E-state index in [1.807, 2.05) is 70.5 Å². The minimum atomic E-state index is -0.225. The number of hydrogen-bond donors (Lipinski definition) is 0. The van der Waals surface area contributed by atoms with Gasteiger partial charge in [0.15, 0.2) is 0 Å². The Labute approximate surface area is 353 Å². The lowest BCUT2D eigenvalue weighted by Crippen LogP contribution is -2.41. The zero-order chi connectivity index (χ0) is 41.0. The monoisotopic (exact) mass is 796 g/mol. The quantitative estimate of drug-likeness (QED) is 0.167. The van der Waals surface area contributed by atoms with Crippen LogP contribution in [-0.4, -0.2) is 49.2 Å². The first-order chi connectivity index (χ1) is 29.5. The van der Waals surface area contributed by atoms with Crippen molar-refractivity contribution in [1.82, 2.24) is 9.80 Å². The average molecular weight is 797 g/mol. The number of para-hydroxylation sites is 2. The van der Waals surface area contributed by atoms with Crippen molar-refractivity contribution in [3.05, 3.63) is 203 Å². The topological polar surface area (TPSA) is 65.6 Å². The van der Waals surface area contributed by atoms with Crippen LogP contribution in [0.15, 0.2) is 170 Å². The Morgan fingerprint density at radius 1 is 0.450 bits per heavy atom. The third-order valence-corrected chi connectivity index (χ3v) is 13.0. The second-order valence-electron chi connectivity index (χ2n) is 16.3. The fourth-order valence-electron chi connectivity index (χ4n) is 10.3. The van der Waals surface area contributed by atoms with Gasteiger partial charge in [-0.15, -0.1) is 0 Å². The zero-order valence-corrected chi connectivity index (χ0v) is 34.3. The minimum absolute atomic E-state index is 0.0332. The first-order valence-corrected chi connectivity index (χ1v) is 21.2. The van der Waals surface area contributed by atoms with Gasteiger partial charge in [0, 0.05) is 50.4 Å². The van der Waals surface area contributed by atoms with Gasteiger partial charge in [0.25, 0.3) is 0 Å². The highest BCUT2D eigenvalue weighted by Crippen LogP contribution is 2.55. The van der Waals surface area contributed by atoms with E-state index in [4.69, 9.17) is 9.47 Å². The van der Waals surface area contributed by atoms with Gasteiger partial charge in [-0.2, -0.15) is 0 Å². The third kappa shape index (κ3) is 7.58. The van der Waals surface area contributed by atoms with E-state index in [0.29, 0.717) is 38.1 Å². The Hall–Kier alpha value is -6.54. The van der Waals surface area contributed by atoms with E-state index < -0.39 is 0 Å². The predicted octanol–water partition coefficient (Wildman–Crippen LogP) is 11.2. The first kappa shape index (κ1) is 38.9. The van der Waals surface area contributed by atoms with E-state index >= 15 is 0 Å². The molecule has 10 rings (SSSR count). The maximum Gasteiger partial charge on any atom is 0.410 e. The van der Waals surface area contributed by atoms with E-state index in [9.17, 15) is 9.59 Å². The molecule has 4 heterocycles. The molecule has 0 N–H and O–H groups in total. The van der Waals surface area contributed by atoms with Gasteiger partial charge in [-0.25, -0.2) is 9.59 Å². The largest absolute Gasteiger partial charge is 0.445 e. The number of rotatable bonds is 6. The van der Waals surface area contributed by atoms with Gasteiger partial charge >= 0.3 is 12.2 Å². The number of fused-ring (bicyclic) bond motifs is 6. The Balaban J connectivity index is 0.000000154. The summed E-state index contributed by atoms with van der Waals surface area (Å²) in [6, 6.07) is 58.5. The number of hydrogen-bond acceptors (Lipinski definition) is 6. The molecule has 0 spiro atoms. The summed E-state index contributed by atoms with van der Waals surface area (Å²) in [5.74, 6) is 0.660. The lowest BCUT2D eigenvalue weighted by molar-refractivity contribution is 0.0850. The zero-order valence-electron chi connectivity index (χ0n) is 34.3. The molecule has 6 aromatic rings. The highest BCUT2D eigenvalue weighted by molar-refractivity contribution is 5.72. The molecule has 60 heavy (non-hydrogen) atoms. The number of likely N-dealkylation sites (tertiary alicyclic amines) is 2. The highest BCUT2D eigenvalue weighted by atomic mass is 16.6. The number of anilines is 2. The predicted molar refractivity (Wildman–Crippen MR) is 236 cm³/mol. The normalized spacial score (nSPS) is 22.4. The molecular weight excluding hydrogens is 745 g/mol. The average Bonchev–Trinajstić information content (AvgIpc) is 3.96. The van der Waals surface area contributed by atoms with Gasteiger partial charge in [0.05, 0.1) is 24.2 Å². The summed E-state index contributed by atoms with van der Waals surface area (Å²) in [4.78, 5) is 34.8. The fourth-order valence-corrected chi connectivity index (χ4v) is 10.3. The van der Waals surface area contributed by atoms with Gasteiger partial charge in [-0.1, -0.05) is 158 Å². The lowest BCUT2D eigenvalue weighted by Gasteiger charge is -2.45. The Morgan fingerprint density at radius 2 is 0.783 bits per heavy atom. The summed E-state index contributed by atoms with van der Waals surface area (Å²) < 4.78 is 11.4. The van der Waals surface area contributed by atoms with Crippen molar-refractivity contribution in [3.63, 3.8) is 0 Å². The molecule has 0 radical (unpaired) electrons. The smallest absolute Gasteiger partial charge is 0.410 e. The molecule has 8 nitrogen and oxygen atoms in total. The van der Waals surface area contributed by atoms with E-state index in [-0.39, 0.29) is 36.4 Å².